The predicted octanol–water partition coefficient (Wildman–Crippen LogP) is 3.52. The summed E-state index contributed by atoms with van der Waals surface area (Å²) in [5.74, 6) is 0.875. The van der Waals surface area contributed by atoms with Crippen LogP contribution in [0.25, 0.3) is 0 Å². The quantitative estimate of drug-likeness (QED) is 0.852. The summed E-state index contributed by atoms with van der Waals surface area (Å²) in [6.45, 7) is 5.13. The zero-order valence-electron chi connectivity index (χ0n) is 14.0. The summed E-state index contributed by atoms with van der Waals surface area (Å²) in [5, 5.41) is 0. The molecule has 4 heteroatoms. The molecule has 1 aliphatic carbocycles. The number of piperazine rings is 1. The first kappa shape index (κ1) is 16.3. The normalized spacial score (nSPS) is 20.4. The highest BCUT2D eigenvalue weighted by molar-refractivity contribution is 5.67. The Hall–Kier alpha value is -1.55. The van der Waals surface area contributed by atoms with Crippen molar-refractivity contribution in [1.29, 1.82) is 0 Å². The minimum atomic E-state index is -0.175. The summed E-state index contributed by atoms with van der Waals surface area (Å²) < 4.78 is 5.42. The van der Waals surface area contributed by atoms with Crippen molar-refractivity contribution in [1.82, 2.24) is 9.80 Å². The van der Waals surface area contributed by atoms with Crippen LogP contribution in [0.1, 0.15) is 37.7 Å². The largest absolute Gasteiger partial charge is 0.445 e. The molecule has 0 spiro atoms. The molecule has 1 aromatic rings. The van der Waals surface area contributed by atoms with E-state index in [4.69, 9.17) is 4.74 Å². The predicted molar refractivity (Wildman–Crippen MR) is 91.2 cm³/mol. The number of nitrogens with zero attached hydrogens (tertiary/aromatic N) is 2. The van der Waals surface area contributed by atoms with Crippen molar-refractivity contribution in [3.63, 3.8) is 0 Å². The molecule has 1 aromatic carbocycles. The fourth-order valence-corrected chi connectivity index (χ4v) is 3.66. The fraction of sp³-hybridized carbons (Fsp3) is 0.632. The van der Waals surface area contributed by atoms with E-state index in [2.05, 4.69) is 4.90 Å². The lowest BCUT2D eigenvalue weighted by atomic mass is 9.89. The summed E-state index contributed by atoms with van der Waals surface area (Å²) >= 11 is 0. The standard InChI is InChI=1S/C19H28N2O2/c22-19(23-16-18-9-5-2-6-10-18)21-13-11-20(12-14-21)15-17-7-3-1-4-8-17/h2,5-6,9-10,17H,1,3-4,7-8,11-16H2. The number of rotatable bonds is 4. The molecule has 1 aliphatic heterocycles. The SMILES string of the molecule is O=C(OCc1ccccc1)N1CCN(CC2CCCCC2)CC1. The van der Waals surface area contributed by atoms with E-state index < -0.39 is 0 Å². The summed E-state index contributed by atoms with van der Waals surface area (Å²) in [7, 11) is 0. The Morgan fingerprint density at radius 2 is 1.70 bits per heavy atom. The highest BCUT2D eigenvalue weighted by atomic mass is 16.6. The van der Waals surface area contributed by atoms with Crippen molar-refractivity contribution in [3.05, 3.63) is 35.9 Å². The minimum Gasteiger partial charge on any atom is -0.445 e. The maximum Gasteiger partial charge on any atom is 0.410 e. The summed E-state index contributed by atoms with van der Waals surface area (Å²) in [6, 6.07) is 9.86. The molecule has 0 atom stereocenters. The lowest BCUT2D eigenvalue weighted by molar-refractivity contribution is 0.0659. The molecular weight excluding hydrogens is 288 g/mol. The lowest BCUT2D eigenvalue weighted by Gasteiger charge is -2.36. The third-order valence-electron chi connectivity index (χ3n) is 5.08. The van der Waals surface area contributed by atoms with E-state index in [1.165, 1.54) is 38.6 Å². The van der Waals surface area contributed by atoms with Crippen molar-refractivity contribution in [2.24, 2.45) is 5.92 Å². The molecule has 0 radical (unpaired) electrons. The van der Waals surface area contributed by atoms with Crippen LogP contribution in [-0.4, -0.2) is 48.6 Å². The van der Waals surface area contributed by atoms with Gasteiger partial charge in [0.1, 0.15) is 6.61 Å². The van der Waals surface area contributed by atoms with Gasteiger partial charge in [-0.25, -0.2) is 4.79 Å². The maximum absolute atomic E-state index is 12.2. The maximum atomic E-state index is 12.2. The number of carbonyl (C=O) groups excluding carboxylic acids is 1. The van der Waals surface area contributed by atoms with Gasteiger partial charge in [0.2, 0.25) is 0 Å². The Kier molecular flexibility index (Phi) is 5.92. The molecule has 1 amide bonds. The van der Waals surface area contributed by atoms with Crippen LogP contribution < -0.4 is 0 Å². The van der Waals surface area contributed by atoms with Gasteiger partial charge in [-0.1, -0.05) is 49.6 Å². The molecule has 0 bridgehead atoms. The van der Waals surface area contributed by atoms with Crippen LogP contribution in [-0.2, 0) is 11.3 Å². The number of hydrogen-bond donors (Lipinski definition) is 0. The Morgan fingerprint density at radius 1 is 1.00 bits per heavy atom. The topological polar surface area (TPSA) is 32.8 Å². The Labute approximate surface area is 139 Å². The molecule has 126 valence electrons. The van der Waals surface area contributed by atoms with Crippen molar-refractivity contribution < 1.29 is 9.53 Å². The van der Waals surface area contributed by atoms with Crippen LogP contribution in [0.15, 0.2) is 30.3 Å². The second-order valence-electron chi connectivity index (χ2n) is 6.83. The van der Waals surface area contributed by atoms with Gasteiger partial charge < -0.3 is 9.64 Å². The zero-order valence-corrected chi connectivity index (χ0v) is 14.0. The molecule has 1 heterocycles. The third-order valence-corrected chi connectivity index (χ3v) is 5.08. The average Bonchev–Trinajstić information content (AvgIpc) is 2.62. The number of carbonyl (C=O) groups is 1. The van der Waals surface area contributed by atoms with Crippen molar-refractivity contribution in [3.8, 4) is 0 Å². The summed E-state index contributed by atoms with van der Waals surface area (Å²) in [4.78, 5) is 16.5. The molecule has 23 heavy (non-hydrogen) atoms. The first-order valence-corrected chi connectivity index (χ1v) is 8.99. The highest BCUT2D eigenvalue weighted by Crippen LogP contribution is 2.24. The average molecular weight is 316 g/mol. The molecule has 4 nitrogen and oxygen atoms in total. The van der Waals surface area contributed by atoms with Crippen LogP contribution in [0.5, 0.6) is 0 Å². The Bertz CT molecular complexity index is 477. The van der Waals surface area contributed by atoms with Gasteiger partial charge in [0.25, 0.3) is 0 Å². The van der Waals surface area contributed by atoms with E-state index in [0.717, 1.165) is 37.7 Å². The van der Waals surface area contributed by atoms with Crippen molar-refractivity contribution in [2.75, 3.05) is 32.7 Å². The second kappa shape index (κ2) is 8.34. The van der Waals surface area contributed by atoms with Crippen LogP contribution in [0.4, 0.5) is 4.79 Å². The van der Waals surface area contributed by atoms with E-state index in [9.17, 15) is 4.79 Å². The molecule has 0 aromatic heterocycles. The van der Waals surface area contributed by atoms with Gasteiger partial charge >= 0.3 is 6.09 Å². The van der Waals surface area contributed by atoms with E-state index >= 15 is 0 Å². The monoisotopic (exact) mass is 316 g/mol. The van der Waals surface area contributed by atoms with E-state index in [0.29, 0.717) is 6.61 Å². The molecule has 1 saturated carbocycles. The van der Waals surface area contributed by atoms with Crippen LogP contribution in [0, 0.1) is 5.92 Å². The van der Waals surface area contributed by atoms with E-state index in [-0.39, 0.29) is 6.09 Å². The number of hydrogen-bond acceptors (Lipinski definition) is 3. The van der Waals surface area contributed by atoms with Crippen LogP contribution in [0.3, 0.4) is 0 Å². The molecule has 3 rings (SSSR count). The van der Waals surface area contributed by atoms with E-state index in [1.807, 2.05) is 35.2 Å². The van der Waals surface area contributed by atoms with Crippen molar-refractivity contribution >= 4 is 6.09 Å². The van der Waals surface area contributed by atoms with Gasteiger partial charge in [0.05, 0.1) is 0 Å². The summed E-state index contributed by atoms with van der Waals surface area (Å²) in [5.41, 5.74) is 1.04. The molecule has 1 saturated heterocycles. The number of ether oxygens (including phenoxy) is 1. The third kappa shape index (κ3) is 4.96. The highest BCUT2D eigenvalue weighted by Gasteiger charge is 2.24. The van der Waals surface area contributed by atoms with Gasteiger partial charge in [-0.3, -0.25) is 4.90 Å². The van der Waals surface area contributed by atoms with Gasteiger partial charge in [0.15, 0.2) is 0 Å². The lowest BCUT2D eigenvalue weighted by Crippen LogP contribution is -2.50. The Balaban J connectivity index is 1.37. The summed E-state index contributed by atoms with van der Waals surface area (Å²) in [6.07, 6.45) is 6.81. The number of amides is 1. The van der Waals surface area contributed by atoms with E-state index in [1.54, 1.807) is 0 Å². The Morgan fingerprint density at radius 3 is 2.39 bits per heavy atom. The van der Waals surface area contributed by atoms with Crippen LogP contribution in [0.2, 0.25) is 0 Å². The molecule has 2 aliphatic rings. The van der Waals surface area contributed by atoms with Crippen molar-refractivity contribution in [2.45, 2.75) is 38.7 Å². The zero-order chi connectivity index (χ0) is 15.9. The van der Waals surface area contributed by atoms with Crippen LogP contribution >= 0.6 is 0 Å². The molecule has 0 N–H and O–H groups in total. The molecule has 2 fully saturated rings. The smallest absolute Gasteiger partial charge is 0.410 e. The first-order valence-electron chi connectivity index (χ1n) is 8.99. The van der Waals surface area contributed by atoms with Gasteiger partial charge in [0, 0.05) is 32.7 Å². The van der Waals surface area contributed by atoms with Gasteiger partial charge in [-0.05, 0) is 24.3 Å². The molecular formula is C19H28N2O2. The van der Waals surface area contributed by atoms with Gasteiger partial charge in [-0.15, -0.1) is 0 Å². The second-order valence-corrected chi connectivity index (χ2v) is 6.83. The van der Waals surface area contributed by atoms with Gasteiger partial charge in [-0.2, -0.15) is 0 Å². The number of benzene rings is 1. The molecule has 0 unspecified atom stereocenters. The first-order chi connectivity index (χ1) is 11.3. The fourth-order valence-electron chi connectivity index (χ4n) is 3.66. The minimum absolute atomic E-state index is 0.175.